The lowest BCUT2D eigenvalue weighted by atomic mass is 10.1. The van der Waals surface area contributed by atoms with Crippen LogP contribution in [-0.4, -0.2) is 39.3 Å². The molecule has 0 heterocycles. The van der Waals surface area contributed by atoms with Crippen molar-refractivity contribution in [3.05, 3.63) is 36.4 Å². The Morgan fingerprint density at radius 3 is 2.65 bits per heavy atom. The number of rotatable bonds is 6. The molecule has 1 aromatic rings. The second-order valence-corrected chi connectivity index (χ2v) is 3.67. The van der Waals surface area contributed by atoms with Crippen LogP contribution in [0.25, 0.3) is 0 Å². The maximum atomic E-state index is 10.6. The van der Waals surface area contributed by atoms with Gasteiger partial charge in [0.2, 0.25) is 0 Å². The van der Waals surface area contributed by atoms with E-state index in [1.165, 1.54) is 12.1 Å². The largest absolute Gasteiger partial charge is 0.508 e. The molecule has 0 saturated carbocycles. The molecule has 0 unspecified atom stereocenters. The van der Waals surface area contributed by atoms with Gasteiger partial charge in [0.1, 0.15) is 11.5 Å². The Labute approximate surface area is 99.2 Å². The summed E-state index contributed by atoms with van der Waals surface area (Å²) in [5, 5.41) is 27.4. The molecule has 0 bridgehead atoms. The molecule has 5 heteroatoms. The van der Waals surface area contributed by atoms with Gasteiger partial charge in [-0.2, -0.15) is 0 Å². The summed E-state index contributed by atoms with van der Waals surface area (Å²) >= 11 is 0. The minimum atomic E-state index is -0.940. The summed E-state index contributed by atoms with van der Waals surface area (Å²) in [7, 11) is 0. The van der Waals surface area contributed by atoms with Crippen molar-refractivity contribution in [2.75, 3.05) is 13.1 Å². The van der Waals surface area contributed by atoms with Crippen LogP contribution in [0.15, 0.2) is 30.9 Å². The molecule has 5 nitrogen and oxygen atoms in total. The van der Waals surface area contributed by atoms with E-state index in [0.717, 1.165) is 0 Å². The van der Waals surface area contributed by atoms with E-state index in [2.05, 4.69) is 6.58 Å². The van der Waals surface area contributed by atoms with Gasteiger partial charge in [-0.15, -0.1) is 6.58 Å². The average Bonchev–Trinajstić information content (AvgIpc) is 2.21. The van der Waals surface area contributed by atoms with Crippen LogP contribution < -0.4 is 0 Å². The average molecular weight is 237 g/mol. The van der Waals surface area contributed by atoms with Gasteiger partial charge >= 0.3 is 5.97 Å². The van der Waals surface area contributed by atoms with Gasteiger partial charge in [0, 0.05) is 24.7 Å². The van der Waals surface area contributed by atoms with E-state index >= 15 is 0 Å². The van der Waals surface area contributed by atoms with E-state index in [-0.39, 0.29) is 24.6 Å². The normalized spacial score (nSPS) is 10.4. The number of carbonyl (C=O) groups is 1. The zero-order valence-electron chi connectivity index (χ0n) is 9.33. The van der Waals surface area contributed by atoms with Crippen molar-refractivity contribution in [3.63, 3.8) is 0 Å². The van der Waals surface area contributed by atoms with Crippen LogP contribution in [0.2, 0.25) is 0 Å². The summed E-state index contributed by atoms with van der Waals surface area (Å²) in [6, 6.07) is 4.23. The molecule has 17 heavy (non-hydrogen) atoms. The van der Waals surface area contributed by atoms with Gasteiger partial charge in [0.05, 0.1) is 6.54 Å². The Balaban J connectivity index is 2.77. The van der Waals surface area contributed by atoms with Crippen LogP contribution in [0.5, 0.6) is 11.5 Å². The summed E-state index contributed by atoms with van der Waals surface area (Å²) in [5.41, 5.74) is 0.561. The Hall–Kier alpha value is -2.01. The zero-order valence-corrected chi connectivity index (χ0v) is 9.33. The number of aliphatic carboxylic acids is 1. The van der Waals surface area contributed by atoms with E-state index in [4.69, 9.17) is 10.2 Å². The topological polar surface area (TPSA) is 81.0 Å². The third kappa shape index (κ3) is 4.16. The molecule has 0 aliphatic heterocycles. The molecule has 0 aliphatic carbocycles. The zero-order chi connectivity index (χ0) is 12.8. The second-order valence-electron chi connectivity index (χ2n) is 3.67. The van der Waals surface area contributed by atoms with Gasteiger partial charge in [-0.05, 0) is 6.07 Å². The van der Waals surface area contributed by atoms with E-state index in [9.17, 15) is 9.90 Å². The molecule has 0 aromatic heterocycles. The molecule has 0 saturated heterocycles. The minimum Gasteiger partial charge on any atom is -0.508 e. The minimum absolute atomic E-state index is 0.0280. The smallest absolute Gasteiger partial charge is 0.317 e. The quantitative estimate of drug-likeness (QED) is 0.647. The highest BCUT2D eigenvalue weighted by Gasteiger charge is 2.11. The van der Waals surface area contributed by atoms with E-state index < -0.39 is 5.97 Å². The standard InChI is InChI=1S/C12H15NO4/c1-2-5-13(8-12(16)17)7-9-3-4-10(14)6-11(9)15/h2-4,6,14-15H,1,5,7-8H2,(H,16,17). The Kier molecular flexibility index (Phi) is 4.54. The van der Waals surface area contributed by atoms with Gasteiger partial charge in [0.25, 0.3) is 0 Å². The predicted molar refractivity (Wildman–Crippen MR) is 62.9 cm³/mol. The number of phenols is 2. The lowest BCUT2D eigenvalue weighted by Crippen LogP contribution is -2.29. The first-order valence-corrected chi connectivity index (χ1v) is 5.09. The molecule has 1 rings (SSSR count). The predicted octanol–water partition coefficient (Wildman–Crippen LogP) is 1.17. The number of aromatic hydroxyl groups is 2. The van der Waals surface area contributed by atoms with Crippen LogP contribution >= 0.6 is 0 Å². The van der Waals surface area contributed by atoms with Gasteiger partial charge in [-0.3, -0.25) is 9.69 Å². The first-order valence-electron chi connectivity index (χ1n) is 5.09. The van der Waals surface area contributed by atoms with E-state index in [1.807, 2.05) is 0 Å². The number of carboxylic acid groups (broad SMARTS) is 1. The SMILES string of the molecule is C=CCN(CC(=O)O)Cc1ccc(O)cc1O. The fourth-order valence-electron chi connectivity index (χ4n) is 1.49. The number of hydrogen-bond donors (Lipinski definition) is 3. The molecule has 92 valence electrons. The highest BCUT2D eigenvalue weighted by atomic mass is 16.4. The van der Waals surface area contributed by atoms with Crippen LogP contribution in [0.4, 0.5) is 0 Å². The maximum absolute atomic E-state index is 10.6. The first kappa shape index (κ1) is 13.1. The molecule has 3 N–H and O–H groups in total. The van der Waals surface area contributed by atoms with Crippen LogP contribution in [0.3, 0.4) is 0 Å². The fourth-order valence-corrected chi connectivity index (χ4v) is 1.49. The van der Waals surface area contributed by atoms with Gasteiger partial charge < -0.3 is 15.3 Å². The molecule has 1 aromatic carbocycles. The highest BCUT2D eigenvalue weighted by Crippen LogP contribution is 2.23. The first-order chi connectivity index (χ1) is 8.02. The van der Waals surface area contributed by atoms with Gasteiger partial charge in [0.15, 0.2) is 0 Å². The van der Waals surface area contributed by atoms with Crippen molar-refractivity contribution in [1.82, 2.24) is 4.90 Å². The molecule has 0 spiro atoms. The van der Waals surface area contributed by atoms with Gasteiger partial charge in [-0.1, -0.05) is 12.1 Å². The fraction of sp³-hybridized carbons (Fsp3) is 0.250. The summed E-state index contributed by atoms with van der Waals surface area (Å²) < 4.78 is 0. The van der Waals surface area contributed by atoms with E-state index in [0.29, 0.717) is 12.1 Å². The van der Waals surface area contributed by atoms with Crippen LogP contribution in [-0.2, 0) is 11.3 Å². The molecule has 0 radical (unpaired) electrons. The van der Waals surface area contributed by atoms with Crippen molar-refractivity contribution in [1.29, 1.82) is 0 Å². The van der Waals surface area contributed by atoms with Crippen molar-refractivity contribution in [2.24, 2.45) is 0 Å². The molecule has 0 atom stereocenters. The molecular formula is C12H15NO4. The number of carboxylic acids is 1. The number of benzene rings is 1. The van der Waals surface area contributed by atoms with Crippen molar-refractivity contribution < 1.29 is 20.1 Å². The van der Waals surface area contributed by atoms with Gasteiger partial charge in [-0.25, -0.2) is 0 Å². The third-order valence-corrected chi connectivity index (χ3v) is 2.21. The third-order valence-electron chi connectivity index (χ3n) is 2.21. The maximum Gasteiger partial charge on any atom is 0.317 e. The van der Waals surface area contributed by atoms with Crippen molar-refractivity contribution in [3.8, 4) is 11.5 Å². The van der Waals surface area contributed by atoms with Crippen LogP contribution in [0, 0.1) is 0 Å². The molecule has 0 fully saturated rings. The number of hydrogen-bond acceptors (Lipinski definition) is 4. The summed E-state index contributed by atoms with van der Waals surface area (Å²) in [6.45, 7) is 4.11. The summed E-state index contributed by atoms with van der Waals surface area (Å²) in [6.07, 6.45) is 1.60. The highest BCUT2D eigenvalue weighted by molar-refractivity contribution is 5.69. The Bertz CT molecular complexity index is 417. The second kappa shape index (κ2) is 5.91. The Morgan fingerprint density at radius 1 is 1.41 bits per heavy atom. The number of nitrogens with zero attached hydrogens (tertiary/aromatic N) is 1. The Morgan fingerprint density at radius 2 is 2.12 bits per heavy atom. The summed E-state index contributed by atoms with van der Waals surface area (Å²) in [5.74, 6) is -1.02. The monoisotopic (exact) mass is 237 g/mol. The van der Waals surface area contributed by atoms with Crippen molar-refractivity contribution >= 4 is 5.97 Å². The van der Waals surface area contributed by atoms with Crippen molar-refractivity contribution in [2.45, 2.75) is 6.54 Å². The lowest BCUT2D eigenvalue weighted by molar-refractivity contribution is -0.138. The molecule has 0 amide bonds. The lowest BCUT2D eigenvalue weighted by Gasteiger charge is -2.18. The molecular weight excluding hydrogens is 222 g/mol. The van der Waals surface area contributed by atoms with Crippen LogP contribution in [0.1, 0.15) is 5.56 Å². The number of phenolic OH excluding ortho intramolecular Hbond substituents is 2. The molecule has 0 aliphatic rings. The summed E-state index contributed by atoms with van der Waals surface area (Å²) in [4.78, 5) is 12.2. The van der Waals surface area contributed by atoms with E-state index in [1.54, 1.807) is 17.0 Å².